The molecule has 2 fully saturated rings. The van der Waals surface area contributed by atoms with Gasteiger partial charge in [0, 0.05) is 13.1 Å². The van der Waals surface area contributed by atoms with Crippen molar-refractivity contribution in [1.82, 2.24) is 9.80 Å². The average molecular weight is 196 g/mol. The van der Waals surface area contributed by atoms with E-state index in [0.29, 0.717) is 17.7 Å². The van der Waals surface area contributed by atoms with Crippen molar-refractivity contribution in [3.05, 3.63) is 0 Å². The van der Waals surface area contributed by atoms with E-state index in [2.05, 4.69) is 18.9 Å². The fourth-order valence-corrected chi connectivity index (χ4v) is 2.59. The topological polar surface area (TPSA) is 23.6 Å². The average Bonchev–Trinajstić information content (AvgIpc) is 2.19. The Morgan fingerprint density at radius 3 is 2.50 bits per heavy atom. The smallest absolute Gasteiger partial charge is 0.227 e. The number of likely N-dealkylation sites (tertiary alicyclic amines) is 2. The summed E-state index contributed by atoms with van der Waals surface area (Å²) in [5, 5.41) is 0. The first-order valence-electron chi connectivity index (χ1n) is 5.69. The second-order valence-corrected chi connectivity index (χ2v) is 4.62. The highest BCUT2D eigenvalue weighted by atomic mass is 16.2. The van der Waals surface area contributed by atoms with E-state index in [1.807, 2.05) is 4.90 Å². The van der Waals surface area contributed by atoms with Gasteiger partial charge in [-0.2, -0.15) is 0 Å². The Hall–Kier alpha value is -0.570. The van der Waals surface area contributed by atoms with Crippen LogP contribution in [-0.2, 0) is 4.79 Å². The van der Waals surface area contributed by atoms with Gasteiger partial charge in [-0.3, -0.25) is 4.79 Å². The van der Waals surface area contributed by atoms with Crippen molar-refractivity contribution in [2.75, 3.05) is 33.2 Å². The lowest BCUT2D eigenvalue weighted by Crippen LogP contribution is -2.56. The van der Waals surface area contributed by atoms with Crippen LogP contribution in [0.4, 0.5) is 0 Å². The molecule has 0 spiro atoms. The van der Waals surface area contributed by atoms with Crippen LogP contribution < -0.4 is 0 Å². The summed E-state index contributed by atoms with van der Waals surface area (Å²) in [6, 6.07) is 0. The SMILES string of the molecule is CCN1CC(C2CCN(C)CC2)C1=O. The van der Waals surface area contributed by atoms with Gasteiger partial charge < -0.3 is 9.80 Å². The fraction of sp³-hybridized carbons (Fsp3) is 0.909. The molecule has 1 atom stereocenters. The van der Waals surface area contributed by atoms with Crippen LogP contribution in [-0.4, -0.2) is 48.9 Å². The molecule has 2 saturated heterocycles. The number of nitrogens with zero attached hydrogens (tertiary/aromatic N) is 2. The molecule has 0 aliphatic carbocycles. The lowest BCUT2D eigenvalue weighted by molar-refractivity contribution is -0.151. The van der Waals surface area contributed by atoms with E-state index in [9.17, 15) is 4.79 Å². The largest absolute Gasteiger partial charge is 0.342 e. The molecule has 2 heterocycles. The number of hydrogen-bond acceptors (Lipinski definition) is 2. The summed E-state index contributed by atoms with van der Waals surface area (Å²) in [4.78, 5) is 16.0. The first-order valence-corrected chi connectivity index (χ1v) is 5.69. The summed E-state index contributed by atoms with van der Waals surface area (Å²) in [5.41, 5.74) is 0. The maximum Gasteiger partial charge on any atom is 0.227 e. The zero-order chi connectivity index (χ0) is 10.1. The molecule has 2 aliphatic heterocycles. The van der Waals surface area contributed by atoms with Gasteiger partial charge >= 0.3 is 0 Å². The highest BCUT2D eigenvalue weighted by Crippen LogP contribution is 2.32. The molecule has 0 aromatic heterocycles. The Labute approximate surface area is 86.1 Å². The van der Waals surface area contributed by atoms with Gasteiger partial charge in [0.1, 0.15) is 0 Å². The Morgan fingerprint density at radius 1 is 1.36 bits per heavy atom. The van der Waals surface area contributed by atoms with Crippen molar-refractivity contribution in [2.24, 2.45) is 11.8 Å². The van der Waals surface area contributed by atoms with Crippen LogP contribution in [0.15, 0.2) is 0 Å². The normalized spacial score (nSPS) is 30.6. The predicted octanol–water partition coefficient (Wildman–Crippen LogP) is 0.806. The van der Waals surface area contributed by atoms with Crippen LogP contribution in [0, 0.1) is 11.8 Å². The lowest BCUT2D eigenvalue weighted by Gasteiger charge is -2.44. The maximum atomic E-state index is 11.7. The van der Waals surface area contributed by atoms with E-state index in [4.69, 9.17) is 0 Å². The molecular weight excluding hydrogens is 176 g/mol. The summed E-state index contributed by atoms with van der Waals surface area (Å²) < 4.78 is 0. The van der Waals surface area contributed by atoms with Crippen molar-refractivity contribution in [3.8, 4) is 0 Å². The molecule has 0 aromatic rings. The molecule has 0 bridgehead atoms. The Morgan fingerprint density at radius 2 is 2.00 bits per heavy atom. The molecule has 1 amide bonds. The summed E-state index contributed by atoms with van der Waals surface area (Å²) in [5.74, 6) is 1.44. The molecular formula is C11H20N2O. The minimum absolute atomic E-state index is 0.364. The quantitative estimate of drug-likeness (QED) is 0.610. The number of piperidine rings is 1. The first-order chi connectivity index (χ1) is 6.72. The summed E-state index contributed by atoms with van der Waals surface area (Å²) in [7, 11) is 2.16. The highest BCUT2D eigenvalue weighted by molar-refractivity contribution is 5.84. The third-order valence-electron chi connectivity index (χ3n) is 3.76. The van der Waals surface area contributed by atoms with Crippen LogP contribution in [0.3, 0.4) is 0 Å². The summed E-state index contributed by atoms with van der Waals surface area (Å²) >= 11 is 0. The van der Waals surface area contributed by atoms with Crippen molar-refractivity contribution in [1.29, 1.82) is 0 Å². The predicted molar refractivity (Wildman–Crippen MR) is 56.0 cm³/mol. The molecule has 3 heteroatoms. The molecule has 80 valence electrons. The van der Waals surface area contributed by atoms with E-state index in [1.165, 1.54) is 25.9 Å². The Bertz CT molecular complexity index is 221. The van der Waals surface area contributed by atoms with Gasteiger partial charge in [-0.05, 0) is 45.8 Å². The van der Waals surface area contributed by atoms with Gasteiger partial charge in [-0.15, -0.1) is 0 Å². The minimum Gasteiger partial charge on any atom is -0.342 e. The zero-order valence-electron chi connectivity index (χ0n) is 9.20. The van der Waals surface area contributed by atoms with Crippen LogP contribution in [0.1, 0.15) is 19.8 Å². The minimum atomic E-state index is 0.364. The van der Waals surface area contributed by atoms with E-state index in [1.54, 1.807) is 0 Å². The molecule has 0 aromatic carbocycles. The Kier molecular flexibility index (Phi) is 2.77. The Balaban J connectivity index is 1.83. The molecule has 14 heavy (non-hydrogen) atoms. The molecule has 2 aliphatic rings. The number of carbonyl (C=O) groups is 1. The van der Waals surface area contributed by atoms with E-state index in [0.717, 1.165) is 13.1 Å². The fourth-order valence-electron chi connectivity index (χ4n) is 2.59. The van der Waals surface area contributed by atoms with Crippen molar-refractivity contribution >= 4 is 5.91 Å². The third-order valence-corrected chi connectivity index (χ3v) is 3.76. The van der Waals surface area contributed by atoms with Crippen LogP contribution in [0.25, 0.3) is 0 Å². The van der Waals surface area contributed by atoms with E-state index >= 15 is 0 Å². The highest BCUT2D eigenvalue weighted by Gasteiger charge is 2.41. The van der Waals surface area contributed by atoms with Crippen molar-refractivity contribution < 1.29 is 4.79 Å². The van der Waals surface area contributed by atoms with Gasteiger partial charge in [-0.1, -0.05) is 0 Å². The van der Waals surface area contributed by atoms with Crippen LogP contribution in [0.2, 0.25) is 0 Å². The number of β-lactam (4-membered cyclic amide) rings is 1. The van der Waals surface area contributed by atoms with E-state index in [-0.39, 0.29) is 0 Å². The number of amides is 1. The molecule has 0 N–H and O–H groups in total. The van der Waals surface area contributed by atoms with Crippen molar-refractivity contribution in [3.63, 3.8) is 0 Å². The van der Waals surface area contributed by atoms with Gasteiger partial charge in [0.15, 0.2) is 0 Å². The molecule has 3 nitrogen and oxygen atoms in total. The second kappa shape index (κ2) is 3.89. The van der Waals surface area contributed by atoms with Crippen LogP contribution in [0.5, 0.6) is 0 Å². The summed E-state index contributed by atoms with van der Waals surface area (Å²) in [6.07, 6.45) is 2.43. The molecule has 2 rings (SSSR count). The zero-order valence-corrected chi connectivity index (χ0v) is 9.20. The molecule has 0 saturated carbocycles. The number of hydrogen-bond donors (Lipinski definition) is 0. The molecule has 0 radical (unpaired) electrons. The van der Waals surface area contributed by atoms with Gasteiger partial charge in [0.05, 0.1) is 5.92 Å². The van der Waals surface area contributed by atoms with Gasteiger partial charge in [-0.25, -0.2) is 0 Å². The number of carbonyl (C=O) groups excluding carboxylic acids is 1. The summed E-state index contributed by atoms with van der Waals surface area (Å²) in [6.45, 7) is 6.30. The van der Waals surface area contributed by atoms with Crippen LogP contribution >= 0.6 is 0 Å². The van der Waals surface area contributed by atoms with Gasteiger partial charge in [0.2, 0.25) is 5.91 Å². The standard InChI is InChI=1S/C11H20N2O/c1-3-13-8-10(11(13)14)9-4-6-12(2)7-5-9/h9-10H,3-8H2,1-2H3. The first kappa shape index (κ1) is 9.97. The van der Waals surface area contributed by atoms with E-state index < -0.39 is 0 Å². The monoisotopic (exact) mass is 196 g/mol. The molecule has 1 unspecified atom stereocenters. The van der Waals surface area contributed by atoms with Gasteiger partial charge in [0.25, 0.3) is 0 Å². The number of rotatable bonds is 2. The second-order valence-electron chi connectivity index (χ2n) is 4.62. The maximum absolute atomic E-state index is 11.7. The lowest BCUT2D eigenvalue weighted by atomic mass is 9.79. The van der Waals surface area contributed by atoms with Crippen molar-refractivity contribution in [2.45, 2.75) is 19.8 Å². The third kappa shape index (κ3) is 1.65.